The van der Waals surface area contributed by atoms with Crippen molar-refractivity contribution in [3.63, 3.8) is 0 Å². The molecule has 1 unspecified atom stereocenters. The first kappa shape index (κ1) is 14.8. The van der Waals surface area contributed by atoms with Crippen LogP contribution in [0.5, 0.6) is 5.75 Å². The van der Waals surface area contributed by atoms with Crippen molar-refractivity contribution < 1.29 is 4.74 Å². The highest BCUT2D eigenvalue weighted by atomic mass is 16.5. The van der Waals surface area contributed by atoms with Gasteiger partial charge in [-0.2, -0.15) is 0 Å². The Balaban J connectivity index is 1.42. The number of ether oxygens (including phenoxy) is 1. The van der Waals surface area contributed by atoms with E-state index in [9.17, 15) is 0 Å². The molecule has 2 N–H and O–H groups in total. The lowest BCUT2D eigenvalue weighted by molar-refractivity contribution is 0.207. The summed E-state index contributed by atoms with van der Waals surface area (Å²) < 4.78 is 5.92. The van der Waals surface area contributed by atoms with Crippen molar-refractivity contribution in [1.82, 2.24) is 9.80 Å². The molecule has 0 bridgehead atoms. The second-order valence-corrected chi connectivity index (χ2v) is 6.15. The van der Waals surface area contributed by atoms with Gasteiger partial charge in [-0.15, -0.1) is 0 Å². The van der Waals surface area contributed by atoms with Gasteiger partial charge in [0, 0.05) is 31.2 Å². The van der Waals surface area contributed by atoms with Crippen LogP contribution >= 0.6 is 0 Å². The summed E-state index contributed by atoms with van der Waals surface area (Å²) in [5.74, 6) is 0.940. The molecule has 0 saturated carbocycles. The van der Waals surface area contributed by atoms with E-state index in [1.807, 2.05) is 24.3 Å². The number of rotatable bonds is 6. The molecule has 3 rings (SSSR count). The van der Waals surface area contributed by atoms with Crippen LogP contribution in [0.2, 0.25) is 0 Å². The second kappa shape index (κ2) is 7.25. The lowest BCUT2D eigenvalue weighted by atomic mass is 10.2. The van der Waals surface area contributed by atoms with Crippen molar-refractivity contribution in [2.75, 3.05) is 39.3 Å². The highest BCUT2D eigenvalue weighted by Crippen LogP contribution is 2.21. The molecule has 0 spiro atoms. The van der Waals surface area contributed by atoms with Crippen LogP contribution in [0.3, 0.4) is 0 Å². The normalized spacial score (nSPS) is 23.8. The zero-order valence-electron chi connectivity index (χ0n) is 12.8. The molecule has 116 valence electrons. The Bertz CT molecular complexity index is 445. The molecule has 0 aliphatic carbocycles. The van der Waals surface area contributed by atoms with Gasteiger partial charge >= 0.3 is 0 Å². The predicted octanol–water partition coefficient (Wildman–Crippen LogP) is 1.69. The van der Waals surface area contributed by atoms with Crippen molar-refractivity contribution in [2.45, 2.75) is 31.8 Å². The fourth-order valence-electron chi connectivity index (χ4n) is 3.52. The van der Waals surface area contributed by atoms with E-state index in [0.29, 0.717) is 6.54 Å². The molecule has 2 aliphatic rings. The molecule has 0 amide bonds. The molecule has 2 aliphatic heterocycles. The van der Waals surface area contributed by atoms with Gasteiger partial charge < -0.3 is 10.5 Å². The molecule has 1 aromatic carbocycles. The number of nitrogens with zero attached hydrogens (tertiary/aromatic N) is 2. The average molecular weight is 289 g/mol. The number of likely N-dealkylation sites (tertiary alicyclic amines) is 2. The Morgan fingerprint density at radius 2 is 1.95 bits per heavy atom. The number of benzene rings is 1. The van der Waals surface area contributed by atoms with Crippen LogP contribution in [-0.4, -0.2) is 55.2 Å². The lowest BCUT2D eigenvalue weighted by Gasteiger charge is -2.23. The monoisotopic (exact) mass is 289 g/mol. The SMILES string of the molecule is NCc1ccccc1OCCN1CCC(N2CCCC2)C1. The zero-order valence-corrected chi connectivity index (χ0v) is 12.8. The second-order valence-electron chi connectivity index (χ2n) is 6.15. The summed E-state index contributed by atoms with van der Waals surface area (Å²) in [6.45, 7) is 7.34. The van der Waals surface area contributed by atoms with Crippen molar-refractivity contribution in [3.05, 3.63) is 29.8 Å². The minimum Gasteiger partial charge on any atom is -0.492 e. The van der Waals surface area contributed by atoms with Crippen LogP contribution in [0.25, 0.3) is 0 Å². The Labute approximate surface area is 127 Å². The summed E-state index contributed by atoms with van der Waals surface area (Å²) in [5, 5.41) is 0. The smallest absolute Gasteiger partial charge is 0.123 e. The first-order chi connectivity index (χ1) is 10.4. The number of para-hydroxylation sites is 1. The average Bonchev–Trinajstić information content (AvgIpc) is 3.18. The van der Waals surface area contributed by atoms with Gasteiger partial charge in [-0.3, -0.25) is 9.80 Å². The standard InChI is InChI=1S/C17H27N3O/c18-13-15-5-1-2-6-17(15)21-12-11-19-10-7-16(14-19)20-8-3-4-9-20/h1-2,5-6,16H,3-4,7-14,18H2. The maximum absolute atomic E-state index is 5.92. The van der Waals surface area contributed by atoms with Gasteiger partial charge in [0.2, 0.25) is 0 Å². The number of hydrogen-bond acceptors (Lipinski definition) is 4. The lowest BCUT2D eigenvalue weighted by Crippen LogP contribution is -2.36. The molecule has 0 aromatic heterocycles. The minimum absolute atomic E-state index is 0.539. The third-order valence-electron chi connectivity index (χ3n) is 4.76. The van der Waals surface area contributed by atoms with Crippen molar-refractivity contribution in [2.24, 2.45) is 5.73 Å². The Kier molecular flexibility index (Phi) is 5.12. The zero-order chi connectivity index (χ0) is 14.5. The van der Waals surface area contributed by atoms with E-state index in [1.54, 1.807) is 0 Å². The molecule has 4 heteroatoms. The molecular formula is C17H27N3O. The Morgan fingerprint density at radius 3 is 2.76 bits per heavy atom. The first-order valence-electron chi connectivity index (χ1n) is 8.24. The first-order valence-corrected chi connectivity index (χ1v) is 8.24. The van der Waals surface area contributed by atoms with Crippen LogP contribution in [-0.2, 0) is 6.54 Å². The molecule has 0 radical (unpaired) electrons. The number of hydrogen-bond donors (Lipinski definition) is 1. The molecular weight excluding hydrogens is 262 g/mol. The summed E-state index contributed by atoms with van der Waals surface area (Å²) in [7, 11) is 0. The van der Waals surface area contributed by atoms with Crippen LogP contribution in [0.1, 0.15) is 24.8 Å². The van der Waals surface area contributed by atoms with Crippen molar-refractivity contribution >= 4 is 0 Å². The summed E-state index contributed by atoms with van der Waals surface area (Å²) in [6, 6.07) is 8.85. The summed E-state index contributed by atoms with van der Waals surface area (Å²) in [5.41, 5.74) is 6.83. The van der Waals surface area contributed by atoms with Crippen molar-refractivity contribution in [3.8, 4) is 5.75 Å². The van der Waals surface area contributed by atoms with Crippen LogP contribution in [0, 0.1) is 0 Å². The van der Waals surface area contributed by atoms with Gasteiger partial charge in [0.05, 0.1) is 0 Å². The van der Waals surface area contributed by atoms with Crippen LogP contribution in [0.15, 0.2) is 24.3 Å². The fourth-order valence-corrected chi connectivity index (χ4v) is 3.52. The maximum atomic E-state index is 5.92. The van der Waals surface area contributed by atoms with Crippen LogP contribution < -0.4 is 10.5 Å². The largest absolute Gasteiger partial charge is 0.492 e. The summed E-state index contributed by atoms with van der Waals surface area (Å²) >= 11 is 0. The fraction of sp³-hybridized carbons (Fsp3) is 0.647. The summed E-state index contributed by atoms with van der Waals surface area (Å²) in [6.07, 6.45) is 4.09. The van der Waals surface area contributed by atoms with Crippen molar-refractivity contribution in [1.29, 1.82) is 0 Å². The third-order valence-corrected chi connectivity index (χ3v) is 4.76. The maximum Gasteiger partial charge on any atom is 0.123 e. The van der Waals surface area contributed by atoms with Gasteiger partial charge in [-0.05, 0) is 45.0 Å². The Morgan fingerprint density at radius 1 is 1.14 bits per heavy atom. The Hall–Kier alpha value is -1.10. The van der Waals surface area contributed by atoms with E-state index in [4.69, 9.17) is 10.5 Å². The van der Waals surface area contributed by atoms with Crippen LogP contribution in [0.4, 0.5) is 0 Å². The van der Waals surface area contributed by atoms with Gasteiger partial charge in [0.1, 0.15) is 12.4 Å². The van der Waals surface area contributed by atoms with Gasteiger partial charge in [0.15, 0.2) is 0 Å². The minimum atomic E-state index is 0.539. The summed E-state index contributed by atoms with van der Waals surface area (Å²) in [4.78, 5) is 5.21. The quantitative estimate of drug-likeness (QED) is 0.865. The molecule has 4 nitrogen and oxygen atoms in total. The molecule has 1 atom stereocenters. The van der Waals surface area contributed by atoms with E-state index in [0.717, 1.165) is 30.5 Å². The van der Waals surface area contributed by atoms with E-state index in [-0.39, 0.29) is 0 Å². The van der Waals surface area contributed by atoms with E-state index >= 15 is 0 Å². The highest BCUT2D eigenvalue weighted by Gasteiger charge is 2.28. The van der Waals surface area contributed by atoms with Gasteiger partial charge in [-0.25, -0.2) is 0 Å². The predicted molar refractivity (Wildman–Crippen MR) is 85.5 cm³/mol. The van der Waals surface area contributed by atoms with Gasteiger partial charge in [0.25, 0.3) is 0 Å². The molecule has 2 heterocycles. The molecule has 2 fully saturated rings. The van der Waals surface area contributed by atoms with Gasteiger partial charge in [-0.1, -0.05) is 18.2 Å². The highest BCUT2D eigenvalue weighted by molar-refractivity contribution is 5.32. The van der Waals surface area contributed by atoms with E-state index in [2.05, 4.69) is 9.80 Å². The molecule has 2 saturated heterocycles. The molecule has 1 aromatic rings. The molecule has 21 heavy (non-hydrogen) atoms. The third kappa shape index (κ3) is 3.76. The number of nitrogens with two attached hydrogens (primary N) is 1. The van der Waals surface area contributed by atoms with E-state index < -0.39 is 0 Å². The topological polar surface area (TPSA) is 41.7 Å². The van der Waals surface area contributed by atoms with E-state index in [1.165, 1.54) is 45.4 Å².